The number of carbonyl (C=O) groups excluding carboxylic acids is 2. The third kappa shape index (κ3) is 5.76. The predicted octanol–water partition coefficient (Wildman–Crippen LogP) is 4.33. The Hall–Kier alpha value is -3.70. The third-order valence-electron chi connectivity index (χ3n) is 5.01. The number of allylic oxidation sites excluding steroid dienone is 2. The van der Waals surface area contributed by atoms with Crippen molar-refractivity contribution in [2.45, 2.75) is 19.8 Å². The quantitative estimate of drug-likeness (QED) is 0.562. The first-order chi connectivity index (χ1) is 16.0. The van der Waals surface area contributed by atoms with E-state index in [1.165, 1.54) is 18.9 Å². The van der Waals surface area contributed by atoms with Crippen LogP contribution in [0.1, 0.15) is 25.3 Å². The smallest absolute Gasteiger partial charge is 0.316 e. The van der Waals surface area contributed by atoms with E-state index in [-0.39, 0.29) is 11.7 Å². The molecular weight excluding hydrogens is 438 g/mol. The molecule has 2 aromatic carbocycles. The molecule has 0 spiro atoms. The second-order valence-corrected chi connectivity index (χ2v) is 8.12. The highest BCUT2D eigenvalue weighted by atomic mass is 32.2. The third-order valence-corrected chi connectivity index (χ3v) is 6.00. The standard InChI is InChI=1S/C25H25N3O4S/c1-4-32-19-12-10-17(11-13-19)23-20(14-26)25(33-15-21(29)31-3)27-16(2)22(23)24(30)28-18-8-6-5-7-9-18/h5-13,23,27H,4,15H2,1-3H3,(H,28,30). The summed E-state index contributed by atoms with van der Waals surface area (Å²) in [5.41, 5.74) is 2.82. The number of hydrogen-bond acceptors (Lipinski definition) is 7. The number of methoxy groups -OCH3 is 1. The number of ether oxygens (including phenoxy) is 2. The number of para-hydroxylation sites is 1. The molecule has 1 heterocycles. The van der Waals surface area contributed by atoms with Crippen LogP contribution in [0.15, 0.2) is 76.5 Å². The van der Waals surface area contributed by atoms with Crippen molar-refractivity contribution >= 4 is 29.3 Å². The van der Waals surface area contributed by atoms with E-state index in [1.54, 1.807) is 19.1 Å². The average Bonchev–Trinajstić information content (AvgIpc) is 2.83. The van der Waals surface area contributed by atoms with Crippen molar-refractivity contribution in [2.24, 2.45) is 0 Å². The van der Waals surface area contributed by atoms with Gasteiger partial charge in [0.1, 0.15) is 5.75 Å². The van der Waals surface area contributed by atoms with Gasteiger partial charge < -0.3 is 20.1 Å². The molecule has 1 unspecified atom stereocenters. The van der Waals surface area contributed by atoms with Gasteiger partial charge in [-0.15, -0.1) is 0 Å². The van der Waals surface area contributed by atoms with Gasteiger partial charge in [-0.3, -0.25) is 9.59 Å². The molecule has 0 bridgehead atoms. The normalized spacial score (nSPS) is 15.4. The van der Waals surface area contributed by atoms with E-state index in [0.717, 1.165) is 5.56 Å². The van der Waals surface area contributed by atoms with Crippen LogP contribution in [0.5, 0.6) is 5.75 Å². The molecule has 0 fully saturated rings. The highest BCUT2D eigenvalue weighted by Gasteiger charge is 2.35. The van der Waals surface area contributed by atoms with E-state index in [4.69, 9.17) is 9.47 Å². The van der Waals surface area contributed by atoms with E-state index in [2.05, 4.69) is 16.7 Å². The van der Waals surface area contributed by atoms with Gasteiger partial charge in [-0.2, -0.15) is 5.26 Å². The maximum Gasteiger partial charge on any atom is 0.316 e. The molecule has 7 nitrogen and oxygen atoms in total. The van der Waals surface area contributed by atoms with Crippen molar-refractivity contribution in [3.8, 4) is 11.8 Å². The minimum Gasteiger partial charge on any atom is -0.494 e. The predicted molar refractivity (Wildman–Crippen MR) is 128 cm³/mol. The Morgan fingerprint density at radius 3 is 2.45 bits per heavy atom. The van der Waals surface area contributed by atoms with Gasteiger partial charge in [0.05, 0.1) is 42.1 Å². The van der Waals surface area contributed by atoms with Crippen LogP contribution in [0.2, 0.25) is 0 Å². The summed E-state index contributed by atoms with van der Waals surface area (Å²) in [6, 6.07) is 18.7. The number of amides is 1. The largest absolute Gasteiger partial charge is 0.494 e. The number of nitrogens with zero attached hydrogens (tertiary/aromatic N) is 1. The highest BCUT2D eigenvalue weighted by molar-refractivity contribution is 8.03. The Kier molecular flexibility index (Phi) is 8.17. The summed E-state index contributed by atoms with van der Waals surface area (Å²) in [4.78, 5) is 25.1. The van der Waals surface area contributed by atoms with Gasteiger partial charge >= 0.3 is 5.97 Å². The number of anilines is 1. The van der Waals surface area contributed by atoms with Crippen molar-refractivity contribution < 1.29 is 19.1 Å². The molecule has 1 atom stereocenters. The lowest BCUT2D eigenvalue weighted by molar-refractivity contribution is -0.137. The van der Waals surface area contributed by atoms with Crippen molar-refractivity contribution in [3.05, 3.63) is 82.0 Å². The van der Waals surface area contributed by atoms with E-state index < -0.39 is 11.9 Å². The first-order valence-corrected chi connectivity index (χ1v) is 11.4. The maximum atomic E-state index is 13.4. The van der Waals surface area contributed by atoms with Crippen LogP contribution >= 0.6 is 11.8 Å². The molecule has 0 saturated carbocycles. The van der Waals surface area contributed by atoms with Gasteiger partial charge in [-0.1, -0.05) is 42.1 Å². The van der Waals surface area contributed by atoms with Crippen molar-refractivity contribution in [1.29, 1.82) is 5.26 Å². The van der Waals surface area contributed by atoms with Crippen molar-refractivity contribution in [2.75, 3.05) is 24.8 Å². The lowest BCUT2D eigenvalue weighted by Gasteiger charge is -2.30. The van der Waals surface area contributed by atoms with Gasteiger partial charge in [0.2, 0.25) is 0 Å². The molecule has 8 heteroatoms. The van der Waals surface area contributed by atoms with E-state index in [1.807, 2.05) is 49.4 Å². The minimum absolute atomic E-state index is 0.0405. The Morgan fingerprint density at radius 1 is 1.15 bits per heavy atom. The first-order valence-electron chi connectivity index (χ1n) is 10.4. The van der Waals surface area contributed by atoms with Crippen LogP contribution in [0.4, 0.5) is 5.69 Å². The monoisotopic (exact) mass is 463 g/mol. The lowest BCUT2D eigenvalue weighted by atomic mass is 9.82. The second-order valence-electron chi connectivity index (χ2n) is 7.14. The molecule has 0 aromatic heterocycles. The van der Waals surface area contributed by atoms with Crippen LogP contribution < -0.4 is 15.4 Å². The Morgan fingerprint density at radius 2 is 1.85 bits per heavy atom. The first kappa shape index (κ1) is 24.0. The van der Waals surface area contributed by atoms with E-state index in [9.17, 15) is 14.9 Å². The number of nitriles is 1. The molecule has 2 aromatic rings. The Balaban J connectivity index is 2.03. The molecule has 1 aliphatic heterocycles. The number of rotatable bonds is 8. The van der Waals surface area contributed by atoms with E-state index in [0.29, 0.717) is 39.9 Å². The zero-order chi connectivity index (χ0) is 23.8. The van der Waals surface area contributed by atoms with Crippen LogP contribution in [-0.4, -0.2) is 31.3 Å². The zero-order valence-electron chi connectivity index (χ0n) is 18.7. The molecule has 0 radical (unpaired) electrons. The van der Waals surface area contributed by atoms with Gasteiger partial charge in [0.15, 0.2) is 0 Å². The second kappa shape index (κ2) is 11.2. The van der Waals surface area contributed by atoms with Crippen LogP contribution in [0.25, 0.3) is 0 Å². The van der Waals surface area contributed by atoms with Crippen LogP contribution in [0, 0.1) is 11.3 Å². The summed E-state index contributed by atoms with van der Waals surface area (Å²) in [6.45, 7) is 4.22. The number of thioether (sulfide) groups is 1. The number of esters is 1. The maximum absolute atomic E-state index is 13.4. The highest BCUT2D eigenvalue weighted by Crippen LogP contribution is 2.41. The van der Waals surface area contributed by atoms with Crippen molar-refractivity contribution in [3.63, 3.8) is 0 Å². The summed E-state index contributed by atoms with van der Waals surface area (Å²) >= 11 is 1.17. The van der Waals surface area contributed by atoms with Gasteiger partial charge in [0, 0.05) is 17.0 Å². The molecule has 1 aliphatic rings. The summed E-state index contributed by atoms with van der Waals surface area (Å²) < 4.78 is 10.3. The summed E-state index contributed by atoms with van der Waals surface area (Å²) in [5.74, 6) is -0.586. The number of benzene rings is 2. The summed E-state index contributed by atoms with van der Waals surface area (Å²) in [5, 5.41) is 16.7. The topological polar surface area (TPSA) is 100 Å². The Labute approximate surface area is 197 Å². The zero-order valence-corrected chi connectivity index (χ0v) is 19.5. The van der Waals surface area contributed by atoms with Gasteiger partial charge in [0.25, 0.3) is 5.91 Å². The number of hydrogen-bond donors (Lipinski definition) is 2. The molecule has 2 N–H and O–H groups in total. The molecule has 3 rings (SSSR count). The molecule has 33 heavy (non-hydrogen) atoms. The SMILES string of the molecule is CCOc1ccc(C2C(C#N)=C(SCC(=O)OC)NC(C)=C2C(=O)Nc2ccccc2)cc1. The van der Waals surface area contributed by atoms with E-state index >= 15 is 0 Å². The summed E-state index contributed by atoms with van der Waals surface area (Å²) in [6.07, 6.45) is 0. The fourth-order valence-corrected chi connectivity index (χ4v) is 4.42. The minimum atomic E-state index is -0.615. The number of dihydropyridines is 1. The summed E-state index contributed by atoms with van der Waals surface area (Å²) in [7, 11) is 1.32. The molecule has 0 aliphatic carbocycles. The Bertz CT molecular complexity index is 1120. The lowest BCUT2D eigenvalue weighted by Crippen LogP contribution is -2.31. The number of nitrogens with one attached hydrogen (secondary N) is 2. The number of carbonyl (C=O) groups is 2. The molecule has 1 amide bonds. The molecule has 0 saturated heterocycles. The van der Waals surface area contributed by atoms with Crippen LogP contribution in [0.3, 0.4) is 0 Å². The molecular formula is C25H25N3O4S. The fourth-order valence-electron chi connectivity index (χ4n) is 3.49. The molecule has 170 valence electrons. The average molecular weight is 464 g/mol. The van der Waals surface area contributed by atoms with Gasteiger partial charge in [-0.05, 0) is 43.7 Å². The van der Waals surface area contributed by atoms with Gasteiger partial charge in [-0.25, -0.2) is 0 Å². The van der Waals surface area contributed by atoms with Crippen molar-refractivity contribution in [1.82, 2.24) is 5.32 Å². The van der Waals surface area contributed by atoms with Crippen LogP contribution in [-0.2, 0) is 14.3 Å². The fraction of sp³-hybridized carbons (Fsp3) is 0.240.